The van der Waals surface area contributed by atoms with E-state index in [1.54, 1.807) is 0 Å². The number of halogens is 3. The van der Waals surface area contributed by atoms with Gasteiger partial charge in [-0.25, -0.2) is 17.2 Å². The Labute approximate surface area is 130 Å². The molecule has 0 aromatic heterocycles. The molecular formula is C14H12BrF2NO2S. The van der Waals surface area contributed by atoms with Gasteiger partial charge in [-0.3, -0.25) is 4.72 Å². The Morgan fingerprint density at radius 1 is 1.05 bits per heavy atom. The third-order valence-corrected chi connectivity index (χ3v) is 5.16. The first-order valence-electron chi connectivity index (χ1n) is 5.95. The number of nitrogens with one attached hydrogen (secondary N) is 1. The van der Waals surface area contributed by atoms with Crippen molar-refractivity contribution in [2.45, 2.75) is 18.7 Å². The van der Waals surface area contributed by atoms with Crippen molar-refractivity contribution in [1.29, 1.82) is 0 Å². The average molecular weight is 376 g/mol. The van der Waals surface area contributed by atoms with Crippen molar-refractivity contribution in [3.8, 4) is 0 Å². The molecule has 7 heteroatoms. The van der Waals surface area contributed by atoms with Gasteiger partial charge in [-0.1, -0.05) is 0 Å². The Hall–Kier alpha value is -1.47. The van der Waals surface area contributed by atoms with E-state index in [0.29, 0.717) is 11.1 Å². The minimum Gasteiger partial charge on any atom is -0.280 e. The summed E-state index contributed by atoms with van der Waals surface area (Å²) in [7, 11) is -3.88. The van der Waals surface area contributed by atoms with Gasteiger partial charge < -0.3 is 0 Å². The van der Waals surface area contributed by atoms with E-state index < -0.39 is 21.7 Å². The molecule has 112 valence electrons. The Morgan fingerprint density at radius 2 is 1.62 bits per heavy atom. The number of benzene rings is 2. The predicted octanol–water partition coefficient (Wildman–Crippen LogP) is 4.14. The summed E-state index contributed by atoms with van der Waals surface area (Å²) in [6.07, 6.45) is 0. The number of anilines is 1. The van der Waals surface area contributed by atoms with Crippen LogP contribution in [0.1, 0.15) is 11.1 Å². The zero-order valence-electron chi connectivity index (χ0n) is 11.2. The molecule has 0 aliphatic rings. The Morgan fingerprint density at radius 3 is 2.14 bits per heavy atom. The normalized spacial score (nSPS) is 11.5. The lowest BCUT2D eigenvalue weighted by atomic mass is 10.1. The Bertz CT molecular complexity index is 784. The Kier molecular flexibility index (Phi) is 4.34. The van der Waals surface area contributed by atoms with Crippen LogP contribution in [-0.4, -0.2) is 8.42 Å². The molecule has 0 unspecified atom stereocenters. The van der Waals surface area contributed by atoms with Gasteiger partial charge >= 0.3 is 0 Å². The first-order chi connectivity index (χ1) is 9.70. The second kappa shape index (κ2) is 5.73. The second-order valence-corrected chi connectivity index (χ2v) is 7.08. The van der Waals surface area contributed by atoms with Crippen LogP contribution in [0.25, 0.3) is 0 Å². The molecule has 1 N–H and O–H groups in total. The zero-order chi connectivity index (χ0) is 15.8. The van der Waals surface area contributed by atoms with Crippen molar-refractivity contribution in [1.82, 2.24) is 0 Å². The molecule has 2 aromatic rings. The smallest absolute Gasteiger partial charge is 0.262 e. The fourth-order valence-electron chi connectivity index (χ4n) is 2.09. The highest BCUT2D eigenvalue weighted by Crippen LogP contribution is 2.26. The van der Waals surface area contributed by atoms with Gasteiger partial charge in [-0.05, 0) is 71.2 Å². The lowest BCUT2D eigenvalue weighted by Crippen LogP contribution is -2.16. The van der Waals surface area contributed by atoms with E-state index in [2.05, 4.69) is 20.7 Å². The SMILES string of the molecule is Cc1cc(F)cc(C)c1S(=O)(=O)Nc1ccc(F)c(Br)c1. The van der Waals surface area contributed by atoms with E-state index in [1.165, 1.54) is 26.0 Å². The topological polar surface area (TPSA) is 46.2 Å². The van der Waals surface area contributed by atoms with Crippen LogP contribution < -0.4 is 4.72 Å². The molecule has 0 bridgehead atoms. The largest absolute Gasteiger partial charge is 0.280 e. The van der Waals surface area contributed by atoms with Crippen LogP contribution in [0.5, 0.6) is 0 Å². The Balaban J connectivity index is 2.46. The highest BCUT2D eigenvalue weighted by molar-refractivity contribution is 9.10. The van der Waals surface area contributed by atoms with Crippen molar-refractivity contribution in [2.24, 2.45) is 0 Å². The maximum atomic E-state index is 13.3. The van der Waals surface area contributed by atoms with Crippen LogP contribution in [0.15, 0.2) is 39.7 Å². The van der Waals surface area contributed by atoms with Gasteiger partial charge in [-0.2, -0.15) is 0 Å². The summed E-state index contributed by atoms with van der Waals surface area (Å²) in [5, 5.41) is 0. The van der Waals surface area contributed by atoms with E-state index in [0.717, 1.165) is 18.2 Å². The molecule has 0 fully saturated rings. The number of sulfonamides is 1. The van der Waals surface area contributed by atoms with E-state index in [4.69, 9.17) is 0 Å². The monoisotopic (exact) mass is 375 g/mol. The van der Waals surface area contributed by atoms with Gasteiger partial charge in [0.1, 0.15) is 11.6 Å². The fraction of sp³-hybridized carbons (Fsp3) is 0.143. The maximum Gasteiger partial charge on any atom is 0.262 e. The van der Waals surface area contributed by atoms with Gasteiger partial charge in [-0.15, -0.1) is 0 Å². The number of rotatable bonds is 3. The molecule has 0 radical (unpaired) electrons. The average Bonchev–Trinajstić information content (AvgIpc) is 2.31. The van der Waals surface area contributed by atoms with Crippen molar-refractivity contribution in [3.05, 3.63) is 57.6 Å². The van der Waals surface area contributed by atoms with Gasteiger partial charge in [0.05, 0.1) is 15.1 Å². The van der Waals surface area contributed by atoms with Gasteiger partial charge in [0.25, 0.3) is 10.0 Å². The summed E-state index contributed by atoms with van der Waals surface area (Å²) >= 11 is 2.99. The van der Waals surface area contributed by atoms with Gasteiger partial charge in [0.2, 0.25) is 0 Å². The molecule has 0 heterocycles. The maximum absolute atomic E-state index is 13.3. The summed E-state index contributed by atoms with van der Waals surface area (Å²) < 4.78 is 53.7. The lowest BCUT2D eigenvalue weighted by molar-refractivity contribution is 0.597. The summed E-state index contributed by atoms with van der Waals surface area (Å²) in [4.78, 5) is 0.0179. The molecule has 2 aromatic carbocycles. The zero-order valence-corrected chi connectivity index (χ0v) is 13.6. The van der Waals surface area contributed by atoms with Crippen LogP contribution in [0.2, 0.25) is 0 Å². The van der Waals surface area contributed by atoms with Crippen LogP contribution >= 0.6 is 15.9 Å². The molecule has 0 aliphatic carbocycles. The quantitative estimate of drug-likeness (QED) is 0.875. The molecule has 2 rings (SSSR count). The highest BCUT2D eigenvalue weighted by atomic mass is 79.9. The molecular weight excluding hydrogens is 364 g/mol. The molecule has 0 saturated heterocycles. The second-order valence-electron chi connectivity index (χ2n) is 4.60. The van der Waals surface area contributed by atoms with Crippen LogP contribution in [-0.2, 0) is 10.0 Å². The fourth-order valence-corrected chi connectivity index (χ4v) is 3.97. The summed E-state index contributed by atoms with van der Waals surface area (Å²) in [5.41, 5.74) is 0.828. The minimum absolute atomic E-state index is 0.0179. The van der Waals surface area contributed by atoms with Crippen LogP contribution in [0.3, 0.4) is 0 Å². The predicted molar refractivity (Wildman–Crippen MR) is 80.8 cm³/mol. The molecule has 0 spiro atoms. The molecule has 0 aliphatic heterocycles. The van der Waals surface area contributed by atoms with E-state index >= 15 is 0 Å². The van der Waals surface area contributed by atoms with Crippen LogP contribution in [0, 0.1) is 25.5 Å². The summed E-state index contributed by atoms with van der Waals surface area (Å²) in [6.45, 7) is 3.04. The van der Waals surface area contributed by atoms with Crippen molar-refractivity contribution in [3.63, 3.8) is 0 Å². The highest BCUT2D eigenvalue weighted by Gasteiger charge is 2.20. The number of aryl methyl sites for hydroxylation is 2. The third kappa shape index (κ3) is 3.41. The molecule has 0 amide bonds. The van der Waals surface area contributed by atoms with Crippen molar-refractivity contribution in [2.75, 3.05) is 4.72 Å². The third-order valence-electron chi connectivity index (χ3n) is 2.87. The molecule has 3 nitrogen and oxygen atoms in total. The summed E-state index contributed by atoms with van der Waals surface area (Å²) in [6, 6.07) is 6.09. The molecule has 21 heavy (non-hydrogen) atoms. The van der Waals surface area contributed by atoms with Gasteiger partial charge in [0.15, 0.2) is 0 Å². The van der Waals surface area contributed by atoms with Crippen molar-refractivity contribution >= 4 is 31.6 Å². The first-order valence-corrected chi connectivity index (χ1v) is 8.23. The van der Waals surface area contributed by atoms with E-state index in [9.17, 15) is 17.2 Å². The van der Waals surface area contributed by atoms with Crippen molar-refractivity contribution < 1.29 is 17.2 Å². The first kappa shape index (κ1) is 15.9. The summed E-state index contributed by atoms with van der Waals surface area (Å²) in [5.74, 6) is -0.986. The van der Waals surface area contributed by atoms with E-state index in [-0.39, 0.29) is 15.1 Å². The van der Waals surface area contributed by atoms with Gasteiger partial charge in [0, 0.05) is 0 Å². The minimum atomic E-state index is -3.88. The molecule has 0 atom stereocenters. The van der Waals surface area contributed by atoms with E-state index in [1.807, 2.05) is 0 Å². The number of hydrogen-bond acceptors (Lipinski definition) is 2. The standard InChI is InChI=1S/C14H12BrF2NO2S/c1-8-5-10(16)6-9(2)14(8)21(19,20)18-11-3-4-13(17)12(15)7-11/h3-7,18H,1-2H3. The van der Waals surface area contributed by atoms with Crippen LogP contribution in [0.4, 0.5) is 14.5 Å². The molecule has 0 saturated carbocycles. The lowest BCUT2D eigenvalue weighted by Gasteiger charge is -2.13. The number of hydrogen-bond donors (Lipinski definition) is 1.